The molecule has 0 saturated carbocycles. The molecule has 1 aliphatic rings. The molecule has 1 aromatic heterocycles. The molecule has 2 nitrogen and oxygen atoms in total. The summed E-state index contributed by atoms with van der Waals surface area (Å²) in [6.45, 7) is 6.24. The Hall–Kier alpha value is 0.1000. The van der Waals surface area contributed by atoms with Gasteiger partial charge in [-0.15, -0.1) is 11.3 Å². The first-order chi connectivity index (χ1) is 8.74. The Labute approximate surface area is 122 Å². The second-order valence-electron chi connectivity index (χ2n) is 5.24. The van der Waals surface area contributed by atoms with Crippen molar-refractivity contribution in [1.29, 1.82) is 0 Å². The fourth-order valence-corrected chi connectivity index (χ4v) is 4.22. The maximum atomic E-state index is 5.75. The van der Waals surface area contributed by atoms with Crippen molar-refractivity contribution in [2.24, 2.45) is 5.41 Å². The van der Waals surface area contributed by atoms with Gasteiger partial charge in [0.05, 0.1) is 6.61 Å². The molecule has 18 heavy (non-hydrogen) atoms. The van der Waals surface area contributed by atoms with Gasteiger partial charge in [-0.1, -0.05) is 6.92 Å². The molecule has 1 aromatic rings. The summed E-state index contributed by atoms with van der Waals surface area (Å²) < 4.78 is 6.95. The SMILES string of the molecule is CCCNCC1(Cc2cc(Br)cs2)CCCOC1. The molecule has 0 radical (unpaired) electrons. The smallest absolute Gasteiger partial charge is 0.0538 e. The molecule has 0 aromatic carbocycles. The molecule has 0 aliphatic carbocycles. The van der Waals surface area contributed by atoms with Gasteiger partial charge in [-0.25, -0.2) is 0 Å². The summed E-state index contributed by atoms with van der Waals surface area (Å²) in [6.07, 6.45) is 4.81. The van der Waals surface area contributed by atoms with Crippen LogP contribution in [0.25, 0.3) is 0 Å². The van der Waals surface area contributed by atoms with E-state index in [9.17, 15) is 0 Å². The average molecular weight is 332 g/mol. The standard InChI is InChI=1S/C14H22BrNOS/c1-2-5-16-10-14(4-3-6-17-11-14)8-13-7-12(15)9-18-13/h7,9,16H,2-6,8,10-11H2,1H3. The van der Waals surface area contributed by atoms with Gasteiger partial charge in [0.2, 0.25) is 0 Å². The lowest BCUT2D eigenvalue weighted by molar-refractivity contribution is -0.00665. The highest BCUT2D eigenvalue weighted by Crippen LogP contribution is 2.34. The summed E-state index contributed by atoms with van der Waals surface area (Å²) in [7, 11) is 0. The number of hydrogen-bond donors (Lipinski definition) is 1. The second-order valence-corrected chi connectivity index (χ2v) is 7.15. The third-order valence-corrected chi connectivity index (χ3v) is 5.20. The fraction of sp³-hybridized carbons (Fsp3) is 0.714. The number of ether oxygens (including phenoxy) is 1. The minimum absolute atomic E-state index is 0.303. The van der Waals surface area contributed by atoms with Crippen molar-refractivity contribution in [3.05, 3.63) is 20.8 Å². The molecule has 1 atom stereocenters. The molecular formula is C14H22BrNOS. The van der Waals surface area contributed by atoms with Crippen LogP contribution in [0.2, 0.25) is 0 Å². The van der Waals surface area contributed by atoms with Crippen LogP contribution in [0.15, 0.2) is 15.9 Å². The van der Waals surface area contributed by atoms with Crippen molar-refractivity contribution in [1.82, 2.24) is 5.32 Å². The van der Waals surface area contributed by atoms with Gasteiger partial charge in [0.1, 0.15) is 0 Å². The van der Waals surface area contributed by atoms with Crippen LogP contribution in [0.3, 0.4) is 0 Å². The highest BCUT2D eigenvalue weighted by atomic mass is 79.9. The number of rotatable bonds is 6. The molecule has 102 valence electrons. The molecule has 1 N–H and O–H groups in total. The van der Waals surface area contributed by atoms with Crippen molar-refractivity contribution in [2.45, 2.75) is 32.6 Å². The van der Waals surface area contributed by atoms with Crippen molar-refractivity contribution in [2.75, 3.05) is 26.3 Å². The Bertz CT molecular complexity index is 360. The molecule has 2 rings (SSSR count). The highest BCUT2D eigenvalue weighted by molar-refractivity contribution is 9.10. The van der Waals surface area contributed by atoms with E-state index in [2.05, 4.69) is 39.6 Å². The van der Waals surface area contributed by atoms with E-state index < -0.39 is 0 Å². The molecular weight excluding hydrogens is 310 g/mol. The molecule has 0 bridgehead atoms. The van der Waals surface area contributed by atoms with Gasteiger partial charge in [-0.05, 0) is 54.2 Å². The lowest BCUT2D eigenvalue weighted by Crippen LogP contribution is -2.42. The lowest BCUT2D eigenvalue weighted by Gasteiger charge is -2.37. The largest absolute Gasteiger partial charge is 0.381 e. The van der Waals surface area contributed by atoms with Crippen LogP contribution in [0, 0.1) is 5.41 Å². The molecule has 1 fully saturated rings. The number of hydrogen-bond acceptors (Lipinski definition) is 3. The maximum Gasteiger partial charge on any atom is 0.0538 e. The predicted molar refractivity (Wildman–Crippen MR) is 81.4 cm³/mol. The first kappa shape index (κ1) is 14.5. The van der Waals surface area contributed by atoms with Gasteiger partial charge in [0.15, 0.2) is 0 Å². The number of nitrogens with one attached hydrogen (secondary N) is 1. The van der Waals surface area contributed by atoms with E-state index in [0.717, 1.165) is 32.7 Å². The fourth-order valence-electron chi connectivity index (χ4n) is 2.60. The van der Waals surface area contributed by atoms with E-state index in [1.807, 2.05) is 11.3 Å². The molecule has 0 amide bonds. The quantitative estimate of drug-likeness (QED) is 0.799. The van der Waals surface area contributed by atoms with Crippen molar-refractivity contribution < 1.29 is 4.74 Å². The normalized spacial score (nSPS) is 24.3. The van der Waals surface area contributed by atoms with Gasteiger partial charge < -0.3 is 10.1 Å². The van der Waals surface area contributed by atoms with Crippen molar-refractivity contribution >= 4 is 27.3 Å². The van der Waals surface area contributed by atoms with Crippen LogP contribution in [0.5, 0.6) is 0 Å². The van der Waals surface area contributed by atoms with Crippen LogP contribution in [-0.4, -0.2) is 26.3 Å². The second kappa shape index (κ2) is 7.04. The monoisotopic (exact) mass is 331 g/mol. The van der Waals surface area contributed by atoms with Crippen molar-refractivity contribution in [3.8, 4) is 0 Å². The summed E-state index contributed by atoms with van der Waals surface area (Å²) in [5.74, 6) is 0. The topological polar surface area (TPSA) is 21.3 Å². The van der Waals surface area contributed by atoms with Crippen LogP contribution < -0.4 is 5.32 Å². The molecule has 0 spiro atoms. The third-order valence-electron chi connectivity index (χ3n) is 3.50. The van der Waals surface area contributed by atoms with E-state index in [1.165, 1.54) is 28.6 Å². The number of halogens is 1. The van der Waals surface area contributed by atoms with Crippen molar-refractivity contribution in [3.63, 3.8) is 0 Å². The Morgan fingerprint density at radius 2 is 2.44 bits per heavy atom. The molecule has 2 heterocycles. The van der Waals surface area contributed by atoms with E-state index in [1.54, 1.807) is 0 Å². The van der Waals surface area contributed by atoms with E-state index in [4.69, 9.17) is 4.74 Å². The van der Waals surface area contributed by atoms with Gasteiger partial charge in [-0.3, -0.25) is 0 Å². The van der Waals surface area contributed by atoms with E-state index in [0.29, 0.717) is 5.41 Å². The van der Waals surface area contributed by atoms with E-state index in [-0.39, 0.29) is 0 Å². The third kappa shape index (κ3) is 4.05. The molecule has 4 heteroatoms. The summed E-state index contributed by atoms with van der Waals surface area (Å²) >= 11 is 5.39. The lowest BCUT2D eigenvalue weighted by atomic mass is 9.79. The Kier molecular flexibility index (Phi) is 5.67. The van der Waals surface area contributed by atoms with Crippen LogP contribution in [0.4, 0.5) is 0 Å². The Morgan fingerprint density at radius 1 is 1.56 bits per heavy atom. The Morgan fingerprint density at radius 3 is 3.06 bits per heavy atom. The number of thiophene rings is 1. The Balaban J connectivity index is 1.99. The molecule has 1 aliphatic heterocycles. The van der Waals surface area contributed by atoms with Gasteiger partial charge in [0.25, 0.3) is 0 Å². The van der Waals surface area contributed by atoms with Crippen LogP contribution >= 0.6 is 27.3 Å². The van der Waals surface area contributed by atoms with Crippen LogP contribution in [-0.2, 0) is 11.2 Å². The van der Waals surface area contributed by atoms with Gasteiger partial charge in [0, 0.05) is 33.3 Å². The zero-order valence-electron chi connectivity index (χ0n) is 11.0. The molecule has 1 unspecified atom stereocenters. The minimum Gasteiger partial charge on any atom is -0.381 e. The predicted octanol–water partition coefficient (Wildman–Crippen LogP) is 3.85. The molecule has 1 saturated heterocycles. The summed E-state index contributed by atoms with van der Waals surface area (Å²) in [6, 6.07) is 2.25. The van der Waals surface area contributed by atoms with Gasteiger partial charge >= 0.3 is 0 Å². The van der Waals surface area contributed by atoms with Gasteiger partial charge in [-0.2, -0.15) is 0 Å². The van der Waals surface area contributed by atoms with E-state index >= 15 is 0 Å². The summed E-state index contributed by atoms with van der Waals surface area (Å²) in [5.41, 5.74) is 0.303. The summed E-state index contributed by atoms with van der Waals surface area (Å²) in [5, 5.41) is 5.76. The first-order valence-corrected chi connectivity index (χ1v) is 8.43. The van der Waals surface area contributed by atoms with Crippen LogP contribution in [0.1, 0.15) is 31.1 Å². The first-order valence-electron chi connectivity index (χ1n) is 6.75. The highest BCUT2D eigenvalue weighted by Gasteiger charge is 2.33. The zero-order valence-corrected chi connectivity index (χ0v) is 13.4. The average Bonchev–Trinajstić information content (AvgIpc) is 2.76. The summed E-state index contributed by atoms with van der Waals surface area (Å²) in [4.78, 5) is 1.46. The minimum atomic E-state index is 0.303. The zero-order chi connectivity index (χ0) is 12.8. The maximum absolute atomic E-state index is 5.75.